The number of nitrogens with zero attached hydrogens (tertiary/aromatic N) is 5. The molecule has 222 valence electrons. The predicted molar refractivity (Wildman–Crippen MR) is 141 cm³/mol. The summed E-state index contributed by atoms with van der Waals surface area (Å²) in [5.41, 5.74) is -1.79. The molecule has 11 nitrogen and oxygen atoms in total. The second kappa shape index (κ2) is 10.4. The second-order valence-corrected chi connectivity index (χ2v) is 10.7. The first-order chi connectivity index (χ1) is 19.7. The molecule has 2 saturated heterocycles. The first kappa shape index (κ1) is 29.0. The number of alkyl halides is 3. The second-order valence-electron chi connectivity index (χ2n) is 10.7. The van der Waals surface area contributed by atoms with Crippen molar-refractivity contribution in [3.8, 4) is 0 Å². The van der Waals surface area contributed by atoms with Gasteiger partial charge in [-0.25, -0.2) is 9.18 Å². The van der Waals surface area contributed by atoms with Crippen LogP contribution >= 0.6 is 0 Å². The van der Waals surface area contributed by atoms with Crippen molar-refractivity contribution in [3.63, 3.8) is 0 Å². The SMILES string of the molecule is CC(C)[C@@H](NC(=O)c1cc(C(F)(F)F)ccc1F)C(=O)N1CCC2(CC1)C(=O)N(C)C(=O)N2c1ccc2n[nH]nc2c1. The van der Waals surface area contributed by atoms with Crippen LogP contribution in [0.1, 0.15) is 42.6 Å². The minimum atomic E-state index is -4.79. The fraction of sp³-hybridized carbons (Fsp3) is 0.407. The van der Waals surface area contributed by atoms with Gasteiger partial charge in [-0.05, 0) is 55.2 Å². The van der Waals surface area contributed by atoms with E-state index in [1.807, 2.05) is 0 Å². The molecule has 0 saturated carbocycles. The first-order valence-electron chi connectivity index (χ1n) is 13.1. The molecule has 2 aliphatic heterocycles. The van der Waals surface area contributed by atoms with Crippen LogP contribution in [0.5, 0.6) is 0 Å². The number of urea groups is 1. The van der Waals surface area contributed by atoms with Gasteiger partial charge in [0.15, 0.2) is 0 Å². The summed E-state index contributed by atoms with van der Waals surface area (Å²) in [6, 6.07) is 4.73. The van der Waals surface area contributed by atoms with Crippen LogP contribution in [0.4, 0.5) is 28.0 Å². The van der Waals surface area contributed by atoms with Gasteiger partial charge in [0.1, 0.15) is 28.4 Å². The summed E-state index contributed by atoms with van der Waals surface area (Å²) in [7, 11) is 1.38. The fourth-order valence-corrected chi connectivity index (χ4v) is 5.49. The highest BCUT2D eigenvalue weighted by Crippen LogP contribution is 2.41. The quantitative estimate of drug-likeness (QED) is 0.347. The molecule has 2 N–H and O–H groups in total. The van der Waals surface area contributed by atoms with Gasteiger partial charge in [0.05, 0.1) is 11.1 Å². The van der Waals surface area contributed by atoms with Crippen molar-refractivity contribution in [2.75, 3.05) is 25.0 Å². The number of piperidine rings is 1. The molecule has 42 heavy (non-hydrogen) atoms. The molecule has 15 heteroatoms. The number of H-pyrrole nitrogens is 1. The number of aromatic amines is 1. The van der Waals surface area contributed by atoms with Crippen LogP contribution in [0.25, 0.3) is 11.0 Å². The summed E-state index contributed by atoms with van der Waals surface area (Å²) < 4.78 is 53.8. The van der Waals surface area contributed by atoms with Crippen molar-refractivity contribution in [2.45, 2.75) is 44.4 Å². The van der Waals surface area contributed by atoms with Gasteiger partial charge in [0.2, 0.25) is 5.91 Å². The average Bonchev–Trinajstić information content (AvgIpc) is 3.48. The smallest absolute Gasteiger partial charge is 0.341 e. The maximum Gasteiger partial charge on any atom is 0.416 e. The van der Waals surface area contributed by atoms with Gasteiger partial charge in [0, 0.05) is 25.8 Å². The third-order valence-corrected chi connectivity index (χ3v) is 7.83. The number of benzene rings is 2. The van der Waals surface area contributed by atoms with Crippen LogP contribution in [0.2, 0.25) is 0 Å². The van der Waals surface area contributed by atoms with E-state index in [0.29, 0.717) is 34.9 Å². The summed E-state index contributed by atoms with van der Waals surface area (Å²) in [5, 5.41) is 12.9. The van der Waals surface area contributed by atoms with Crippen LogP contribution in [-0.4, -0.2) is 80.7 Å². The van der Waals surface area contributed by atoms with Crippen molar-refractivity contribution in [2.24, 2.45) is 5.92 Å². The molecule has 2 fully saturated rings. The van der Waals surface area contributed by atoms with E-state index in [0.717, 1.165) is 4.90 Å². The standard InChI is InChI=1S/C27H27F4N7O4/c1-14(2)21(32-22(39)17-12-15(27(29,30)31)4-6-18(17)28)23(40)37-10-8-26(9-11-37)24(41)36(3)25(42)38(26)16-5-7-19-20(13-16)34-35-33-19/h4-7,12-14,21H,8-11H2,1-3H3,(H,32,39)(H,33,34,35)/t21-/m1/s1. The highest BCUT2D eigenvalue weighted by atomic mass is 19.4. The number of likely N-dealkylation sites (tertiary alicyclic amines) is 1. The lowest BCUT2D eigenvalue weighted by molar-refractivity contribution is -0.139. The molecule has 1 atom stereocenters. The molecular formula is C27H27F4N7O4. The number of carbonyl (C=O) groups is 4. The van der Waals surface area contributed by atoms with Crippen molar-refractivity contribution in [1.82, 2.24) is 30.5 Å². The Kier molecular flexibility index (Phi) is 7.15. The number of fused-ring (bicyclic) bond motifs is 1. The normalized spacial score (nSPS) is 18.0. The number of hydrogen-bond donors (Lipinski definition) is 2. The first-order valence-corrected chi connectivity index (χ1v) is 13.1. The van der Waals surface area contributed by atoms with E-state index < -0.39 is 64.4 Å². The van der Waals surface area contributed by atoms with Crippen LogP contribution in [0.3, 0.4) is 0 Å². The van der Waals surface area contributed by atoms with Crippen molar-refractivity contribution in [3.05, 3.63) is 53.3 Å². The molecule has 1 aromatic heterocycles. The van der Waals surface area contributed by atoms with Gasteiger partial charge in [-0.3, -0.25) is 24.2 Å². The van der Waals surface area contributed by atoms with E-state index in [-0.39, 0.29) is 25.9 Å². The third-order valence-electron chi connectivity index (χ3n) is 7.83. The summed E-state index contributed by atoms with van der Waals surface area (Å²) in [6.45, 7) is 3.36. The zero-order valence-electron chi connectivity index (χ0n) is 22.8. The Hall–Kier alpha value is -4.56. The van der Waals surface area contributed by atoms with Crippen molar-refractivity contribution < 1.29 is 36.7 Å². The average molecular weight is 590 g/mol. The number of carbonyl (C=O) groups excluding carboxylic acids is 4. The van der Waals surface area contributed by atoms with E-state index in [4.69, 9.17) is 0 Å². The molecule has 3 aromatic rings. The highest BCUT2D eigenvalue weighted by Gasteiger charge is 2.58. The van der Waals surface area contributed by atoms with Gasteiger partial charge in [-0.15, -0.1) is 0 Å². The topological polar surface area (TPSA) is 132 Å². The summed E-state index contributed by atoms with van der Waals surface area (Å²) in [6.07, 6.45) is -4.61. The molecule has 5 amide bonds. The summed E-state index contributed by atoms with van der Waals surface area (Å²) in [5.74, 6) is -3.79. The molecule has 1 spiro atoms. The number of likely N-dealkylation sites (N-methyl/N-ethyl adjacent to an activating group) is 1. The van der Waals surface area contributed by atoms with E-state index in [1.54, 1.807) is 32.0 Å². The van der Waals surface area contributed by atoms with E-state index >= 15 is 0 Å². The van der Waals surface area contributed by atoms with Gasteiger partial charge >= 0.3 is 12.2 Å². The molecule has 0 unspecified atom stereocenters. The Labute approximate surface area is 236 Å². The number of nitrogens with one attached hydrogen (secondary N) is 2. The van der Waals surface area contributed by atoms with E-state index in [1.165, 1.54) is 16.8 Å². The van der Waals surface area contributed by atoms with Gasteiger partial charge in [-0.2, -0.15) is 28.6 Å². The van der Waals surface area contributed by atoms with Crippen molar-refractivity contribution in [1.29, 1.82) is 0 Å². The molecule has 5 rings (SSSR count). The fourth-order valence-electron chi connectivity index (χ4n) is 5.49. The lowest BCUT2D eigenvalue weighted by Gasteiger charge is -2.43. The highest BCUT2D eigenvalue weighted by molar-refractivity contribution is 6.17. The number of rotatable bonds is 5. The lowest BCUT2D eigenvalue weighted by atomic mass is 9.85. The molecular weight excluding hydrogens is 562 g/mol. The monoisotopic (exact) mass is 589 g/mol. The third kappa shape index (κ3) is 4.81. The maximum atomic E-state index is 14.3. The van der Waals surface area contributed by atoms with Crippen LogP contribution < -0.4 is 10.2 Å². The molecule has 3 heterocycles. The van der Waals surface area contributed by atoms with Gasteiger partial charge in [0.25, 0.3) is 11.8 Å². The molecule has 2 aliphatic rings. The maximum absolute atomic E-state index is 14.3. The Balaban J connectivity index is 1.35. The zero-order chi connectivity index (χ0) is 30.6. The Morgan fingerprint density at radius 2 is 1.69 bits per heavy atom. The Morgan fingerprint density at radius 1 is 1.02 bits per heavy atom. The van der Waals surface area contributed by atoms with E-state index in [2.05, 4.69) is 20.7 Å². The van der Waals surface area contributed by atoms with Crippen LogP contribution in [-0.2, 0) is 15.8 Å². The molecule has 0 aliphatic carbocycles. The number of imide groups is 1. The van der Waals surface area contributed by atoms with Crippen LogP contribution in [0, 0.1) is 11.7 Å². The number of amides is 5. The predicted octanol–water partition coefficient (Wildman–Crippen LogP) is 3.33. The Morgan fingerprint density at radius 3 is 2.33 bits per heavy atom. The zero-order valence-corrected chi connectivity index (χ0v) is 22.8. The minimum Gasteiger partial charge on any atom is -0.341 e. The number of aromatic nitrogens is 3. The van der Waals surface area contributed by atoms with Crippen LogP contribution in [0.15, 0.2) is 36.4 Å². The van der Waals surface area contributed by atoms with Crippen molar-refractivity contribution >= 4 is 40.5 Å². The minimum absolute atomic E-state index is 0.0470. The molecule has 0 radical (unpaired) electrons. The largest absolute Gasteiger partial charge is 0.416 e. The van der Waals surface area contributed by atoms with Gasteiger partial charge < -0.3 is 10.2 Å². The Bertz CT molecular complexity index is 1580. The summed E-state index contributed by atoms with van der Waals surface area (Å²) in [4.78, 5) is 56.8. The lowest BCUT2D eigenvalue weighted by Crippen LogP contribution is -2.60. The van der Waals surface area contributed by atoms with E-state index in [9.17, 15) is 36.7 Å². The van der Waals surface area contributed by atoms with Gasteiger partial charge in [-0.1, -0.05) is 13.8 Å². The molecule has 0 bridgehead atoms. The summed E-state index contributed by atoms with van der Waals surface area (Å²) >= 11 is 0. The number of hydrogen-bond acceptors (Lipinski definition) is 6. The number of halogens is 4. The number of anilines is 1. The molecule has 2 aromatic carbocycles.